The molecule has 0 spiro atoms. The maximum atomic E-state index is 11.2. The van der Waals surface area contributed by atoms with E-state index >= 15 is 0 Å². The van der Waals surface area contributed by atoms with E-state index in [1.807, 2.05) is 18.3 Å². The Morgan fingerprint density at radius 3 is 2.72 bits per heavy atom. The van der Waals surface area contributed by atoms with Gasteiger partial charge >= 0.3 is 5.97 Å². The number of aromatic nitrogens is 1. The number of hydrogen-bond donors (Lipinski definition) is 1. The van der Waals surface area contributed by atoms with Gasteiger partial charge in [0.2, 0.25) is 0 Å². The summed E-state index contributed by atoms with van der Waals surface area (Å²) in [6, 6.07) is 7.72. The lowest BCUT2D eigenvalue weighted by molar-refractivity contribution is 0.0688. The second-order valence-electron chi connectivity index (χ2n) is 4.18. The van der Waals surface area contributed by atoms with Crippen LogP contribution < -0.4 is 0 Å². The summed E-state index contributed by atoms with van der Waals surface area (Å²) in [6.45, 7) is 4.17. The van der Waals surface area contributed by atoms with Crippen molar-refractivity contribution in [1.29, 1.82) is 0 Å². The van der Waals surface area contributed by atoms with Crippen LogP contribution in [-0.2, 0) is 6.42 Å². The fraction of sp³-hybridized carbons (Fsp3) is 0.214. The number of rotatable bonds is 3. The van der Waals surface area contributed by atoms with Crippen LogP contribution in [0.5, 0.6) is 0 Å². The quantitative estimate of drug-likeness (QED) is 0.854. The molecule has 94 valence electrons. The van der Waals surface area contributed by atoms with Crippen LogP contribution in [-0.4, -0.2) is 15.6 Å². The first-order chi connectivity index (χ1) is 8.52. The fourth-order valence-corrected chi connectivity index (χ4v) is 2.57. The molecule has 0 aliphatic heterocycles. The Morgan fingerprint density at radius 1 is 1.39 bits per heavy atom. The van der Waals surface area contributed by atoms with Crippen LogP contribution in [0, 0.1) is 10.5 Å². The second-order valence-corrected chi connectivity index (χ2v) is 5.43. The summed E-state index contributed by atoms with van der Waals surface area (Å²) in [4.78, 5) is 11.2. The molecule has 0 amide bonds. The molecule has 0 atom stereocenters. The van der Waals surface area contributed by atoms with Gasteiger partial charge in [0, 0.05) is 15.5 Å². The van der Waals surface area contributed by atoms with Gasteiger partial charge in [-0.3, -0.25) is 0 Å². The molecule has 0 saturated heterocycles. The molecule has 0 unspecified atom stereocenters. The molecule has 1 N–H and O–H groups in total. The van der Waals surface area contributed by atoms with E-state index in [1.165, 1.54) is 11.1 Å². The SMILES string of the molecule is CCc1cc(-n2cc(I)cc2C(=O)O)ccc1C. The van der Waals surface area contributed by atoms with Gasteiger partial charge < -0.3 is 9.67 Å². The van der Waals surface area contributed by atoms with Crippen LogP contribution in [0.1, 0.15) is 28.5 Å². The van der Waals surface area contributed by atoms with Crippen molar-refractivity contribution in [3.8, 4) is 5.69 Å². The van der Waals surface area contributed by atoms with Gasteiger partial charge in [0.15, 0.2) is 0 Å². The van der Waals surface area contributed by atoms with Crippen LogP contribution in [0.2, 0.25) is 0 Å². The molecule has 0 aliphatic rings. The van der Waals surface area contributed by atoms with Gasteiger partial charge in [-0.2, -0.15) is 0 Å². The van der Waals surface area contributed by atoms with E-state index in [1.54, 1.807) is 10.6 Å². The van der Waals surface area contributed by atoms with Crippen molar-refractivity contribution in [2.75, 3.05) is 0 Å². The third-order valence-corrected chi connectivity index (χ3v) is 3.59. The molecule has 4 heteroatoms. The smallest absolute Gasteiger partial charge is 0.352 e. The Labute approximate surface area is 120 Å². The molecule has 1 heterocycles. The van der Waals surface area contributed by atoms with Gasteiger partial charge in [-0.1, -0.05) is 13.0 Å². The first kappa shape index (κ1) is 13.1. The summed E-state index contributed by atoms with van der Waals surface area (Å²) in [5.74, 6) is -0.906. The van der Waals surface area contributed by atoms with E-state index in [-0.39, 0.29) is 0 Å². The van der Waals surface area contributed by atoms with Gasteiger partial charge in [0.25, 0.3) is 0 Å². The van der Waals surface area contributed by atoms with Crippen molar-refractivity contribution < 1.29 is 9.90 Å². The van der Waals surface area contributed by atoms with Gasteiger partial charge in [-0.15, -0.1) is 0 Å². The molecule has 3 nitrogen and oxygen atoms in total. The third kappa shape index (κ3) is 2.43. The minimum absolute atomic E-state index is 0.297. The number of carboxylic acid groups (broad SMARTS) is 1. The lowest BCUT2D eigenvalue weighted by atomic mass is 10.1. The van der Waals surface area contributed by atoms with Crippen LogP contribution in [0.4, 0.5) is 0 Å². The van der Waals surface area contributed by atoms with Crippen LogP contribution in [0.15, 0.2) is 30.5 Å². The topological polar surface area (TPSA) is 42.2 Å². The molecule has 1 aromatic carbocycles. The summed E-state index contributed by atoms with van der Waals surface area (Å²) in [5.41, 5.74) is 3.68. The van der Waals surface area contributed by atoms with E-state index in [0.717, 1.165) is 15.7 Å². The summed E-state index contributed by atoms with van der Waals surface area (Å²) in [6.07, 6.45) is 2.79. The lowest BCUT2D eigenvalue weighted by Crippen LogP contribution is -2.06. The molecule has 0 aliphatic carbocycles. The van der Waals surface area contributed by atoms with Gasteiger partial charge in [-0.05, 0) is 65.3 Å². The molecule has 2 rings (SSSR count). The summed E-state index contributed by atoms with van der Waals surface area (Å²) < 4.78 is 2.64. The monoisotopic (exact) mass is 355 g/mol. The maximum absolute atomic E-state index is 11.2. The van der Waals surface area contributed by atoms with Crippen molar-refractivity contribution in [2.45, 2.75) is 20.3 Å². The van der Waals surface area contributed by atoms with E-state index in [0.29, 0.717) is 5.69 Å². The highest BCUT2D eigenvalue weighted by atomic mass is 127. The van der Waals surface area contributed by atoms with E-state index in [9.17, 15) is 9.90 Å². The number of carboxylic acids is 1. The highest BCUT2D eigenvalue weighted by Gasteiger charge is 2.13. The normalized spacial score (nSPS) is 10.6. The average molecular weight is 355 g/mol. The largest absolute Gasteiger partial charge is 0.477 e. The Morgan fingerprint density at radius 2 is 2.11 bits per heavy atom. The van der Waals surface area contributed by atoms with Crippen molar-refractivity contribution in [1.82, 2.24) is 4.57 Å². The van der Waals surface area contributed by atoms with E-state index < -0.39 is 5.97 Å². The third-order valence-electron chi connectivity index (χ3n) is 3.00. The maximum Gasteiger partial charge on any atom is 0.352 e. The zero-order valence-electron chi connectivity index (χ0n) is 10.3. The predicted octanol–water partition coefficient (Wildman–Crippen LogP) is 3.65. The number of hydrogen-bond acceptors (Lipinski definition) is 1. The number of benzene rings is 1. The van der Waals surface area contributed by atoms with E-state index in [4.69, 9.17) is 0 Å². The molecule has 18 heavy (non-hydrogen) atoms. The van der Waals surface area contributed by atoms with Crippen molar-refractivity contribution in [3.05, 3.63) is 50.9 Å². The van der Waals surface area contributed by atoms with Crippen molar-refractivity contribution >= 4 is 28.6 Å². The molecule has 0 saturated carbocycles. The first-order valence-electron chi connectivity index (χ1n) is 5.74. The van der Waals surface area contributed by atoms with Crippen LogP contribution in [0.25, 0.3) is 5.69 Å². The predicted molar refractivity (Wildman–Crippen MR) is 79.6 cm³/mol. The standard InChI is InChI=1S/C14H14INO2/c1-3-10-6-12(5-4-9(10)2)16-8-11(15)7-13(16)14(17)18/h4-8H,3H2,1-2H3,(H,17,18). The number of aryl methyl sites for hydroxylation is 2. The summed E-state index contributed by atoms with van der Waals surface area (Å²) in [5, 5.41) is 9.20. The second kappa shape index (κ2) is 5.14. The zero-order chi connectivity index (χ0) is 13.3. The molecular weight excluding hydrogens is 341 g/mol. The summed E-state index contributed by atoms with van der Waals surface area (Å²) >= 11 is 2.13. The minimum Gasteiger partial charge on any atom is -0.477 e. The molecule has 0 bridgehead atoms. The Bertz CT molecular complexity index is 602. The van der Waals surface area contributed by atoms with E-state index in [2.05, 4.69) is 42.5 Å². The Hall–Kier alpha value is -1.30. The molecular formula is C14H14INO2. The van der Waals surface area contributed by atoms with Crippen molar-refractivity contribution in [3.63, 3.8) is 0 Å². The first-order valence-corrected chi connectivity index (χ1v) is 6.82. The molecule has 0 fully saturated rings. The van der Waals surface area contributed by atoms with Gasteiger partial charge in [0.1, 0.15) is 5.69 Å². The van der Waals surface area contributed by atoms with Crippen molar-refractivity contribution in [2.24, 2.45) is 0 Å². The average Bonchev–Trinajstić information content (AvgIpc) is 2.72. The summed E-state index contributed by atoms with van der Waals surface area (Å²) in [7, 11) is 0. The highest BCUT2D eigenvalue weighted by molar-refractivity contribution is 14.1. The van der Waals surface area contributed by atoms with Crippen LogP contribution >= 0.6 is 22.6 Å². The number of halogens is 1. The zero-order valence-corrected chi connectivity index (χ0v) is 12.4. The number of aromatic carboxylic acids is 1. The minimum atomic E-state index is -0.906. The molecule has 1 aromatic heterocycles. The Kier molecular flexibility index (Phi) is 3.75. The van der Waals surface area contributed by atoms with Gasteiger partial charge in [0.05, 0.1) is 0 Å². The number of nitrogens with zero attached hydrogens (tertiary/aromatic N) is 1. The number of carbonyl (C=O) groups is 1. The Balaban J connectivity index is 2.58. The van der Waals surface area contributed by atoms with Crippen LogP contribution in [0.3, 0.4) is 0 Å². The highest BCUT2D eigenvalue weighted by Crippen LogP contribution is 2.20. The molecule has 2 aromatic rings. The fourth-order valence-electron chi connectivity index (χ4n) is 2.00. The molecule has 0 radical (unpaired) electrons. The lowest BCUT2D eigenvalue weighted by Gasteiger charge is -2.10. The van der Waals surface area contributed by atoms with Gasteiger partial charge in [-0.25, -0.2) is 4.79 Å².